The maximum absolute atomic E-state index is 15.2. The minimum Gasteiger partial charge on any atom is -0.493 e. The van der Waals surface area contributed by atoms with E-state index in [9.17, 15) is 14.0 Å². The molecule has 1 saturated heterocycles. The number of methoxy groups -OCH3 is 1. The van der Waals surface area contributed by atoms with E-state index in [1.54, 1.807) is 31.5 Å². The van der Waals surface area contributed by atoms with Gasteiger partial charge in [-0.2, -0.15) is 0 Å². The van der Waals surface area contributed by atoms with Crippen LogP contribution < -0.4 is 24.8 Å². The number of hydrogen-bond donors (Lipinski definition) is 2. The van der Waals surface area contributed by atoms with E-state index in [1.165, 1.54) is 30.5 Å². The summed E-state index contributed by atoms with van der Waals surface area (Å²) in [5.74, 6) is -0.843. The summed E-state index contributed by atoms with van der Waals surface area (Å²) in [5.41, 5.74) is -0.291. The van der Waals surface area contributed by atoms with Crippen LogP contribution in [0.2, 0.25) is 0 Å². The molecule has 2 N–H and O–H groups in total. The monoisotopic (exact) mass is 617 g/mol. The standard InChI is InChI=1S/C33H33F2N5O5/c1-40-13-8-20(9-14-40)19-44-29-17-26-24(16-28(29)43-2)27(7-12-36-26)45-30-25(35)15-23(18-37-30)39-32(42)33(10-11-33)31(41)38-22-5-3-21(34)4-6-22/h3-7,12,15-18,20H,8-11,13-14,19H2,1-2H3,(H,38,41)(H,39,42). The van der Waals surface area contributed by atoms with Gasteiger partial charge in [-0.1, -0.05) is 0 Å². The molecular formula is C33H33F2N5O5. The predicted octanol–water partition coefficient (Wildman–Crippen LogP) is 5.79. The molecule has 2 aliphatic rings. The highest BCUT2D eigenvalue weighted by Gasteiger charge is 2.56. The van der Waals surface area contributed by atoms with Gasteiger partial charge in [0.1, 0.15) is 17.0 Å². The van der Waals surface area contributed by atoms with E-state index in [-0.39, 0.29) is 11.6 Å². The van der Waals surface area contributed by atoms with Crippen molar-refractivity contribution >= 4 is 34.1 Å². The molecule has 0 bridgehead atoms. The van der Waals surface area contributed by atoms with Crippen molar-refractivity contribution in [3.63, 3.8) is 0 Å². The number of nitrogens with zero attached hydrogens (tertiary/aromatic N) is 3. The number of amides is 2. The lowest BCUT2D eigenvalue weighted by Gasteiger charge is -2.28. The summed E-state index contributed by atoms with van der Waals surface area (Å²) >= 11 is 0. The van der Waals surface area contributed by atoms with E-state index in [2.05, 4.69) is 32.5 Å². The molecule has 2 fully saturated rings. The second-order valence-corrected chi connectivity index (χ2v) is 11.5. The minimum atomic E-state index is -1.30. The van der Waals surface area contributed by atoms with Gasteiger partial charge in [-0.3, -0.25) is 14.6 Å². The normalized spacial score (nSPS) is 16.2. The van der Waals surface area contributed by atoms with Crippen molar-refractivity contribution < 1.29 is 32.6 Å². The maximum Gasteiger partial charge on any atom is 0.256 e. The summed E-state index contributed by atoms with van der Waals surface area (Å²) in [6, 6.07) is 11.4. The van der Waals surface area contributed by atoms with Crippen LogP contribution in [0.5, 0.6) is 23.1 Å². The Labute approximate surface area is 258 Å². The molecule has 6 rings (SSSR count). The van der Waals surface area contributed by atoms with Crippen LogP contribution in [0.4, 0.5) is 20.2 Å². The molecule has 12 heteroatoms. The largest absolute Gasteiger partial charge is 0.493 e. The third kappa shape index (κ3) is 6.65. The molecule has 2 amide bonds. The van der Waals surface area contributed by atoms with Crippen LogP contribution in [-0.4, -0.2) is 60.5 Å². The van der Waals surface area contributed by atoms with E-state index in [0.29, 0.717) is 59.2 Å². The number of carbonyl (C=O) groups excluding carboxylic acids is 2. The summed E-state index contributed by atoms with van der Waals surface area (Å²) in [4.78, 5) is 36.7. The smallest absolute Gasteiger partial charge is 0.256 e. The molecule has 2 aromatic carbocycles. The van der Waals surface area contributed by atoms with Crippen molar-refractivity contribution in [2.24, 2.45) is 11.3 Å². The average molecular weight is 618 g/mol. The molecule has 10 nitrogen and oxygen atoms in total. The van der Waals surface area contributed by atoms with Crippen LogP contribution in [0, 0.1) is 23.0 Å². The Hall–Kier alpha value is -4.84. The zero-order valence-electron chi connectivity index (χ0n) is 24.9. The number of ether oxygens (including phenoxy) is 3. The van der Waals surface area contributed by atoms with E-state index in [0.717, 1.165) is 32.0 Å². The van der Waals surface area contributed by atoms with Gasteiger partial charge in [-0.15, -0.1) is 0 Å². The van der Waals surface area contributed by atoms with Gasteiger partial charge in [0, 0.05) is 29.4 Å². The van der Waals surface area contributed by atoms with Crippen LogP contribution in [0.3, 0.4) is 0 Å². The van der Waals surface area contributed by atoms with Gasteiger partial charge in [0.25, 0.3) is 5.88 Å². The van der Waals surface area contributed by atoms with Crippen LogP contribution in [0.1, 0.15) is 25.7 Å². The number of aromatic nitrogens is 2. The molecular weight excluding hydrogens is 584 g/mol. The summed E-state index contributed by atoms with van der Waals surface area (Å²) in [6.07, 6.45) is 5.58. The van der Waals surface area contributed by atoms with Gasteiger partial charge in [0.15, 0.2) is 17.3 Å². The van der Waals surface area contributed by atoms with Crippen molar-refractivity contribution in [2.75, 3.05) is 44.5 Å². The number of benzene rings is 2. The van der Waals surface area contributed by atoms with Crippen LogP contribution >= 0.6 is 0 Å². The molecule has 1 aliphatic carbocycles. The summed E-state index contributed by atoms with van der Waals surface area (Å²) in [7, 11) is 3.67. The van der Waals surface area contributed by atoms with Crippen molar-refractivity contribution in [1.29, 1.82) is 0 Å². The van der Waals surface area contributed by atoms with Gasteiger partial charge in [0.2, 0.25) is 11.8 Å². The molecule has 0 spiro atoms. The molecule has 3 heterocycles. The Morgan fingerprint density at radius 2 is 1.64 bits per heavy atom. The number of anilines is 2. The third-order valence-electron chi connectivity index (χ3n) is 8.29. The molecule has 234 valence electrons. The Morgan fingerprint density at radius 1 is 0.933 bits per heavy atom. The van der Waals surface area contributed by atoms with Crippen molar-refractivity contribution in [2.45, 2.75) is 25.7 Å². The third-order valence-corrected chi connectivity index (χ3v) is 8.29. The number of halogens is 2. The summed E-state index contributed by atoms with van der Waals surface area (Å²) < 4.78 is 45.9. The highest BCUT2D eigenvalue weighted by atomic mass is 19.1. The minimum absolute atomic E-state index is 0.0679. The predicted molar refractivity (Wildman–Crippen MR) is 164 cm³/mol. The lowest BCUT2D eigenvalue weighted by Crippen LogP contribution is -2.35. The van der Waals surface area contributed by atoms with Gasteiger partial charge in [0.05, 0.1) is 31.1 Å². The molecule has 1 saturated carbocycles. The molecule has 0 atom stereocenters. The molecule has 0 radical (unpaired) electrons. The Morgan fingerprint density at radius 3 is 2.31 bits per heavy atom. The first-order valence-electron chi connectivity index (χ1n) is 14.7. The lowest BCUT2D eigenvalue weighted by molar-refractivity contribution is -0.131. The fourth-order valence-electron chi connectivity index (χ4n) is 5.32. The first-order chi connectivity index (χ1) is 21.7. The lowest BCUT2D eigenvalue weighted by atomic mass is 9.98. The van der Waals surface area contributed by atoms with Crippen molar-refractivity contribution in [3.8, 4) is 23.1 Å². The topological polar surface area (TPSA) is 115 Å². The van der Waals surface area contributed by atoms with Gasteiger partial charge in [-0.25, -0.2) is 13.8 Å². The number of likely N-dealkylation sites (tertiary alicyclic amines) is 1. The SMILES string of the molecule is COc1cc2c(Oc3ncc(NC(=O)C4(C(=O)Nc5ccc(F)cc5)CC4)cc3F)ccnc2cc1OCC1CCN(C)CC1. The number of hydrogen-bond acceptors (Lipinski definition) is 8. The molecule has 0 unspecified atom stereocenters. The zero-order chi connectivity index (χ0) is 31.6. The average Bonchev–Trinajstić information content (AvgIpc) is 3.85. The highest BCUT2D eigenvalue weighted by molar-refractivity contribution is 6.16. The first kappa shape index (κ1) is 30.2. The number of carbonyl (C=O) groups is 2. The quantitative estimate of drug-likeness (QED) is 0.215. The van der Waals surface area contributed by atoms with Crippen molar-refractivity contribution in [3.05, 3.63) is 72.6 Å². The van der Waals surface area contributed by atoms with E-state index in [4.69, 9.17) is 14.2 Å². The second kappa shape index (κ2) is 12.6. The highest BCUT2D eigenvalue weighted by Crippen LogP contribution is 2.47. The fraction of sp³-hybridized carbons (Fsp3) is 0.333. The number of pyridine rings is 2. The summed E-state index contributed by atoms with van der Waals surface area (Å²) in [5, 5.41) is 5.79. The summed E-state index contributed by atoms with van der Waals surface area (Å²) in [6.45, 7) is 2.66. The number of piperidine rings is 1. The van der Waals surface area contributed by atoms with E-state index < -0.39 is 28.9 Å². The Kier molecular flexibility index (Phi) is 8.48. The van der Waals surface area contributed by atoms with Crippen LogP contribution in [-0.2, 0) is 9.59 Å². The van der Waals surface area contributed by atoms with Crippen LogP contribution in [0.25, 0.3) is 10.9 Å². The maximum atomic E-state index is 15.2. The van der Waals surface area contributed by atoms with Crippen LogP contribution in [0.15, 0.2) is 60.9 Å². The first-order valence-corrected chi connectivity index (χ1v) is 14.7. The molecule has 45 heavy (non-hydrogen) atoms. The molecule has 4 aromatic rings. The van der Waals surface area contributed by atoms with E-state index >= 15 is 4.39 Å². The van der Waals surface area contributed by atoms with Gasteiger partial charge < -0.3 is 29.7 Å². The second-order valence-electron chi connectivity index (χ2n) is 11.5. The number of fused-ring (bicyclic) bond motifs is 1. The van der Waals surface area contributed by atoms with Gasteiger partial charge >= 0.3 is 0 Å². The van der Waals surface area contributed by atoms with Crippen molar-refractivity contribution in [1.82, 2.24) is 14.9 Å². The Bertz CT molecular complexity index is 1720. The van der Waals surface area contributed by atoms with Gasteiger partial charge in [-0.05, 0) is 88.1 Å². The van der Waals surface area contributed by atoms with E-state index in [1.807, 2.05) is 0 Å². The molecule has 1 aliphatic heterocycles. The Balaban J connectivity index is 1.13. The number of rotatable bonds is 10. The number of nitrogens with one attached hydrogen (secondary N) is 2. The fourth-order valence-corrected chi connectivity index (χ4v) is 5.32. The zero-order valence-corrected chi connectivity index (χ0v) is 24.9. The molecule has 2 aromatic heterocycles.